The van der Waals surface area contributed by atoms with Crippen LogP contribution in [0.5, 0.6) is 0 Å². The number of hydrogen-bond acceptors (Lipinski definition) is 2. The van der Waals surface area contributed by atoms with Crippen molar-refractivity contribution in [3.05, 3.63) is 35.4 Å². The second-order valence-electron chi connectivity index (χ2n) is 4.13. The van der Waals surface area contributed by atoms with Gasteiger partial charge in [0.1, 0.15) is 11.6 Å². The van der Waals surface area contributed by atoms with Crippen molar-refractivity contribution >= 4 is 0 Å². The summed E-state index contributed by atoms with van der Waals surface area (Å²) in [7, 11) is 0. The molecule has 1 N–H and O–H groups in total. The highest BCUT2D eigenvalue weighted by Crippen LogP contribution is 2.23. The first-order chi connectivity index (χ1) is 7.68. The zero-order chi connectivity index (χ0) is 11.5. The Morgan fingerprint density at radius 2 is 1.94 bits per heavy atom. The number of nitrogens with zero attached hydrogens (tertiary/aromatic N) is 1. The Balaban J connectivity index is 2.15. The molecule has 0 saturated carbocycles. The summed E-state index contributed by atoms with van der Waals surface area (Å²) in [6.07, 6.45) is 0. The van der Waals surface area contributed by atoms with E-state index in [4.69, 9.17) is 0 Å². The second kappa shape index (κ2) is 4.89. The Morgan fingerprint density at radius 1 is 1.25 bits per heavy atom. The van der Waals surface area contributed by atoms with Crippen molar-refractivity contribution in [3.63, 3.8) is 0 Å². The first kappa shape index (κ1) is 11.5. The van der Waals surface area contributed by atoms with Crippen molar-refractivity contribution in [3.8, 4) is 0 Å². The van der Waals surface area contributed by atoms with Gasteiger partial charge in [0.05, 0.1) is 0 Å². The Morgan fingerprint density at radius 3 is 2.56 bits per heavy atom. The van der Waals surface area contributed by atoms with Gasteiger partial charge >= 0.3 is 0 Å². The molecule has 1 fully saturated rings. The zero-order valence-corrected chi connectivity index (χ0v) is 9.34. The van der Waals surface area contributed by atoms with Gasteiger partial charge in [0, 0.05) is 43.9 Å². The Hall–Kier alpha value is -1.00. The summed E-state index contributed by atoms with van der Waals surface area (Å²) in [6, 6.07) is 3.81. The van der Waals surface area contributed by atoms with Crippen LogP contribution >= 0.6 is 0 Å². The molecule has 88 valence electrons. The monoisotopic (exact) mass is 226 g/mol. The zero-order valence-electron chi connectivity index (χ0n) is 9.34. The number of halogens is 2. The van der Waals surface area contributed by atoms with Crippen molar-refractivity contribution in [1.82, 2.24) is 10.2 Å². The van der Waals surface area contributed by atoms with Crippen LogP contribution in [0.1, 0.15) is 18.5 Å². The van der Waals surface area contributed by atoms with Gasteiger partial charge in [0.25, 0.3) is 0 Å². The van der Waals surface area contributed by atoms with Crippen molar-refractivity contribution in [1.29, 1.82) is 0 Å². The summed E-state index contributed by atoms with van der Waals surface area (Å²) in [6.45, 7) is 5.61. The fraction of sp³-hybridized carbons (Fsp3) is 0.500. The predicted molar refractivity (Wildman–Crippen MR) is 59.2 cm³/mol. The molecule has 2 nitrogen and oxygen atoms in total. The van der Waals surface area contributed by atoms with Crippen LogP contribution in [-0.4, -0.2) is 31.1 Å². The summed E-state index contributed by atoms with van der Waals surface area (Å²) >= 11 is 0. The number of hydrogen-bond donors (Lipinski definition) is 1. The van der Waals surface area contributed by atoms with E-state index >= 15 is 0 Å². The molecule has 1 aliphatic rings. The van der Waals surface area contributed by atoms with Gasteiger partial charge in [0.2, 0.25) is 0 Å². The van der Waals surface area contributed by atoms with Crippen LogP contribution in [0, 0.1) is 11.6 Å². The van der Waals surface area contributed by atoms with Gasteiger partial charge in [-0.15, -0.1) is 0 Å². The predicted octanol–water partition coefficient (Wildman–Crippen LogP) is 1.93. The first-order valence-electron chi connectivity index (χ1n) is 5.58. The van der Waals surface area contributed by atoms with Crippen LogP contribution in [0.25, 0.3) is 0 Å². The summed E-state index contributed by atoms with van der Waals surface area (Å²) in [4.78, 5) is 2.20. The fourth-order valence-corrected chi connectivity index (χ4v) is 2.11. The molecule has 0 unspecified atom stereocenters. The minimum absolute atomic E-state index is 0.00250. The third-order valence-electron chi connectivity index (χ3n) is 3.11. The lowest BCUT2D eigenvalue weighted by Crippen LogP contribution is -2.44. The molecule has 1 aromatic rings. The molecular formula is C12H16F2N2. The maximum atomic E-state index is 13.6. The van der Waals surface area contributed by atoms with E-state index in [0.29, 0.717) is 5.56 Å². The van der Waals surface area contributed by atoms with Gasteiger partial charge < -0.3 is 5.32 Å². The van der Waals surface area contributed by atoms with Gasteiger partial charge in [-0.2, -0.15) is 0 Å². The Bertz CT molecular complexity index is 362. The minimum atomic E-state index is -0.520. The second-order valence-corrected chi connectivity index (χ2v) is 4.13. The lowest BCUT2D eigenvalue weighted by atomic mass is 10.1. The number of piperazine rings is 1. The van der Waals surface area contributed by atoms with Crippen LogP contribution in [0.15, 0.2) is 18.2 Å². The average molecular weight is 226 g/mol. The SMILES string of the molecule is C[C@@H](c1ccc(F)cc1F)N1CCNCC1. The Labute approximate surface area is 94.3 Å². The molecule has 0 aliphatic carbocycles. The van der Waals surface area contributed by atoms with Gasteiger partial charge in [0.15, 0.2) is 0 Å². The van der Waals surface area contributed by atoms with E-state index in [1.165, 1.54) is 12.1 Å². The highest BCUT2D eigenvalue weighted by atomic mass is 19.1. The van der Waals surface area contributed by atoms with E-state index in [1.54, 1.807) is 0 Å². The molecule has 0 amide bonds. The van der Waals surface area contributed by atoms with Crippen molar-refractivity contribution in [2.24, 2.45) is 0 Å². The maximum absolute atomic E-state index is 13.6. The average Bonchev–Trinajstić information content (AvgIpc) is 2.29. The third-order valence-corrected chi connectivity index (χ3v) is 3.11. The topological polar surface area (TPSA) is 15.3 Å². The van der Waals surface area contributed by atoms with Gasteiger partial charge in [-0.3, -0.25) is 4.90 Å². The van der Waals surface area contributed by atoms with E-state index in [2.05, 4.69) is 10.2 Å². The van der Waals surface area contributed by atoms with Crippen LogP contribution in [0.4, 0.5) is 8.78 Å². The molecule has 1 saturated heterocycles. The number of rotatable bonds is 2. The largest absolute Gasteiger partial charge is 0.314 e. The molecule has 2 rings (SSSR count). The molecule has 1 aliphatic heterocycles. The highest BCUT2D eigenvalue weighted by Gasteiger charge is 2.20. The minimum Gasteiger partial charge on any atom is -0.314 e. The first-order valence-corrected chi connectivity index (χ1v) is 5.58. The van der Waals surface area contributed by atoms with Gasteiger partial charge in [-0.25, -0.2) is 8.78 Å². The molecule has 0 bridgehead atoms. The standard InChI is InChI=1S/C12H16F2N2/c1-9(16-6-4-15-5-7-16)11-3-2-10(13)8-12(11)14/h2-3,8-9,15H,4-7H2,1H3/t9-/m0/s1. The van der Waals surface area contributed by atoms with E-state index < -0.39 is 11.6 Å². The van der Waals surface area contributed by atoms with Crippen molar-refractivity contribution in [2.75, 3.05) is 26.2 Å². The fourth-order valence-electron chi connectivity index (χ4n) is 2.11. The maximum Gasteiger partial charge on any atom is 0.130 e. The van der Waals surface area contributed by atoms with E-state index in [9.17, 15) is 8.78 Å². The Kier molecular flexibility index (Phi) is 3.51. The molecule has 0 aromatic heterocycles. The molecule has 0 spiro atoms. The van der Waals surface area contributed by atoms with Crippen molar-refractivity contribution in [2.45, 2.75) is 13.0 Å². The number of nitrogens with one attached hydrogen (secondary N) is 1. The highest BCUT2D eigenvalue weighted by molar-refractivity contribution is 5.21. The third kappa shape index (κ3) is 2.39. The molecule has 16 heavy (non-hydrogen) atoms. The summed E-state index contributed by atoms with van der Waals surface area (Å²) in [5.41, 5.74) is 0.573. The summed E-state index contributed by atoms with van der Waals surface area (Å²) in [5, 5.41) is 3.25. The molecule has 1 atom stereocenters. The van der Waals surface area contributed by atoms with Gasteiger partial charge in [-0.05, 0) is 13.0 Å². The normalized spacial score (nSPS) is 19.7. The van der Waals surface area contributed by atoms with Crippen LogP contribution < -0.4 is 5.32 Å². The molecule has 1 heterocycles. The van der Waals surface area contributed by atoms with Crippen molar-refractivity contribution < 1.29 is 8.78 Å². The lowest BCUT2D eigenvalue weighted by Gasteiger charge is -2.33. The molecule has 1 aromatic carbocycles. The molecule has 4 heteroatoms. The van der Waals surface area contributed by atoms with E-state index in [0.717, 1.165) is 32.2 Å². The van der Waals surface area contributed by atoms with E-state index in [1.807, 2.05) is 6.92 Å². The van der Waals surface area contributed by atoms with Gasteiger partial charge in [-0.1, -0.05) is 6.07 Å². The smallest absolute Gasteiger partial charge is 0.130 e. The van der Waals surface area contributed by atoms with Crippen LogP contribution in [0.3, 0.4) is 0 Å². The van der Waals surface area contributed by atoms with Crippen LogP contribution in [-0.2, 0) is 0 Å². The summed E-state index contributed by atoms with van der Waals surface area (Å²) in [5.74, 6) is -0.972. The molecular weight excluding hydrogens is 210 g/mol. The molecule has 0 radical (unpaired) electrons. The van der Waals surface area contributed by atoms with E-state index in [-0.39, 0.29) is 6.04 Å². The number of benzene rings is 1. The summed E-state index contributed by atoms with van der Waals surface area (Å²) < 4.78 is 26.4. The lowest BCUT2D eigenvalue weighted by molar-refractivity contribution is 0.182. The van der Waals surface area contributed by atoms with Crippen LogP contribution in [0.2, 0.25) is 0 Å². The quantitative estimate of drug-likeness (QED) is 0.829.